The molecule has 0 saturated carbocycles. The molecule has 3 nitrogen and oxygen atoms in total. The monoisotopic (exact) mass is 235 g/mol. The van der Waals surface area contributed by atoms with Gasteiger partial charge in [0.15, 0.2) is 5.78 Å². The van der Waals surface area contributed by atoms with E-state index in [0.29, 0.717) is 5.56 Å². The fourth-order valence-corrected chi connectivity index (χ4v) is 1.51. The van der Waals surface area contributed by atoms with Crippen molar-refractivity contribution in [2.45, 2.75) is 46.3 Å². The van der Waals surface area contributed by atoms with E-state index in [-0.39, 0.29) is 11.4 Å². The summed E-state index contributed by atoms with van der Waals surface area (Å²) in [6.07, 6.45) is 0. The highest BCUT2D eigenvalue weighted by Crippen LogP contribution is 2.24. The molecule has 0 radical (unpaired) electrons. The summed E-state index contributed by atoms with van der Waals surface area (Å²) in [5.41, 5.74) is 6.93. The molecule has 1 atom stereocenters. The molecule has 0 heterocycles. The van der Waals surface area contributed by atoms with Gasteiger partial charge in [-0.05, 0) is 58.4 Å². The van der Waals surface area contributed by atoms with E-state index in [1.54, 1.807) is 13.0 Å². The lowest BCUT2D eigenvalue weighted by Crippen LogP contribution is -2.27. The van der Waals surface area contributed by atoms with Crippen LogP contribution in [0.1, 0.15) is 43.6 Å². The third-order valence-electron chi connectivity index (χ3n) is 2.29. The van der Waals surface area contributed by atoms with E-state index in [0.717, 1.165) is 11.3 Å². The fourth-order valence-electron chi connectivity index (χ4n) is 1.51. The van der Waals surface area contributed by atoms with E-state index in [1.165, 1.54) is 0 Å². The number of carbonyl (C=O) groups is 1. The number of nitrogens with two attached hydrogens (primary N) is 1. The third kappa shape index (κ3) is 3.86. The van der Waals surface area contributed by atoms with Crippen molar-refractivity contribution in [3.63, 3.8) is 0 Å². The Balaban J connectivity index is 2.98. The van der Waals surface area contributed by atoms with Crippen LogP contribution in [0, 0.1) is 6.92 Å². The van der Waals surface area contributed by atoms with Crippen molar-refractivity contribution in [3.8, 4) is 5.75 Å². The van der Waals surface area contributed by atoms with E-state index >= 15 is 0 Å². The number of hydrogen-bond donors (Lipinski definition) is 1. The van der Waals surface area contributed by atoms with Crippen LogP contribution in [0.15, 0.2) is 18.2 Å². The first-order valence-electron chi connectivity index (χ1n) is 5.80. The molecule has 94 valence electrons. The van der Waals surface area contributed by atoms with E-state index in [1.807, 2.05) is 39.8 Å². The maximum Gasteiger partial charge on any atom is 0.179 e. The normalized spacial score (nSPS) is 13.3. The van der Waals surface area contributed by atoms with Crippen molar-refractivity contribution >= 4 is 5.78 Å². The molecule has 0 aliphatic heterocycles. The SMILES string of the molecule is Cc1cc(C(=O)C(C)N)ccc1OC(C)(C)C. The van der Waals surface area contributed by atoms with E-state index in [9.17, 15) is 4.79 Å². The van der Waals surface area contributed by atoms with Crippen molar-refractivity contribution in [2.24, 2.45) is 5.73 Å². The van der Waals surface area contributed by atoms with Crippen LogP contribution >= 0.6 is 0 Å². The zero-order valence-corrected chi connectivity index (χ0v) is 11.2. The molecule has 0 amide bonds. The van der Waals surface area contributed by atoms with Crippen LogP contribution < -0.4 is 10.5 Å². The second-order valence-corrected chi connectivity index (χ2v) is 5.35. The number of carbonyl (C=O) groups excluding carboxylic acids is 1. The van der Waals surface area contributed by atoms with Crippen LogP contribution in [0.5, 0.6) is 5.75 Å². The van der Waals surface area contributed by atoms with Crippen molar-refractivity contribution in [3.05, 3.63) is 29.3 Å². The maximum atomic E-state index is 11.7. The van der Waals surface area contributed by atoms with Gasteiger partial charge in [-0.1, -0.05) is 0 Å². The molecular formula is C14H21NO2. The molecule has 0 spiro atoms. The largest absolute Gasteiger partial charge is 0.488 e. The Labute approximate surface area is 103 Å². The summed E-state index contributed by atoms with van der Waals surface area (Å²) in [4.78, 5) is 11.7. The molecule has 1 rings (SSSR count). The number of ether oxygens (including phenoxy) is 1. The number of ketones is 1. The Hall–Kier alpha value is -1.35. The average Bonchev–Trinajstić information content (AvgIpc) is 2.18. The molecule has 17 heavy (non-hydrogen) atoms. The van der Waals surface area contributed by atoms with Gasteiger partial charge >= 0.3 is 0 Å². The molecule has 1 aromatic rings. The van der Waals surface area contributed by atoms with E-state index in [4.69, 9.17) is 10.5 Å². The summed E-state index contributed by atoms with van der Waals surface area (Å²) >= 11 is 0. The quantitative estimate of drug-likeness (QED) is 0.819. The maximum absolute atomic E-state index is 11.7. The molecular weight excluding hydrogens is 214 g/mol. The Kier molecular flexibility index (Phi) is 3.94. The molecule has 0 aliphatic rings. The van der Waals surface area contributed by atoms with Crippen LogP contribution in [0.3, 0.4) is 0 Å². The minimum atomic E-state index is -0.469. The fraction of sp³-hybridized carbons (Fsp3) is 0.500. The number of benzene rings is 1. The van der Waals surface area contributed by atoms with Gasteiger partial charge in [-0.25, -0.2) is 0 Å². The van der Waals surface area contributed by atoms with Crippen LogP contribution in [-0.4, -0.2) is 17.4 Å². The Bertz CT molecular complexity index is 417. The predicted molar refractivity (Wildman–Crippen MR) is 69.5 cm³/mol. The highest BCUT2D eigenvalue weighted by molar-refractivity contribution is 5.99. The highest BCUT2D eigenvalue weighted by Gasteiger charge is 2.16. The Morgan fingerprint density at radius 3 is 2.35 bits per heavy atom. The molecule has 0 saturated heterocycles. The summed E-state index contributed by atoms with van der Waals surface area (Å²) in [6, 6.07) is 4.95. The van der Waals surface area contributed by atoms with Gasteiger partial charge in [0, 0.05) is 5.56 Å². The molecule has 1 aromatic carbocycles. The van der Waals surface area contributed by atoms with Crippen molar-refractivity contribution < 1.29 is 9.53 Å². The Morgan fingerprint density at radius 1 is 1.35 bits per heavy atom. The van der Waals surface area contributed by atoms with Crippen molar-refractivity contribution in [1.82, 2.24) is 0 Å². The zero-order chi connectivity index (χ0) is 13.2. The Morgan fingerprint density at radius 2 is 1.94 bits per heavy atom. The smallest absolute Gasteiger partial charge is 0.179 e. The first kappa shape index (κ1) is 13.7. The first-order chi connectivity index (χ1) is 7.70. The first-order valence-corrected chi connectivity index (χ1v) is 5.80. The van der Waals surface area contributed by atoms with E-state index in [2.05, 4.69) is 0 Å². The van der Waals surface area contributed by atoms with Gasteiger partial charge in [-0.15, -0.1) is 0 Å². The van der Waals surface area contributed by atoms with Crippen LogP contribution in [0.25, 0.3) is 0 Å². The van der Waals surface area contributed by atoms with Crippen LogP contribution in [0.4, 0.5) is 0 Å². The lowest BCUT2D eigenvalue weighted by atomic mass is 10.0. The van der Waals surface area contributed by atoms with Crippen LogP contribution in [0.2, 0.25) is 0 Å². The topological polar surface area (TPSA) is 52.3 Å². The molecule has 2 N–H and O–H groups in total. The molecule has 3 heteroatoms. The predicted octanol–water partition coefficient (Wildman–Crippen LogP) is 2.70. The minimum Gasteiger partial charge on any atom is -0.488 e. The number of rotatable bonds is 3. The van der Waals surface area contributed by atoms with Gasteiger partial charge in [0.2, 0.25) is 0 Å². The second-order valence-electron chi connectivity index (χ2n) is 5.35. The number of Topliss-reactive ketones (excluding diaryl/α,β-unsaturated/α-hetero) is 1. The van der Waals surface area contributed by atoms with Gasteiger partial charge in [0.25, 0.3) is 0 Å². The van der Waals surface area contributed by atoms with Gasteiger partial charge in [0.05, 0.1) is 6.04 Å². The average molecular weight is 235 g/mol. The summed E-state index contributed by atoms with van der Waals surface area (Å²) in [5, 5.41) is 0. The lowest BCUT2D eigenvalue weighted by Gasteiger charge is -2.23. The number of aryl methyl sites for hydroxylation is 1. The summed E-state index contributed by atoms with van der Waals surface area (Å²) in [6.45, 7) is 9.60. The highest BCUT2D eigenvalue weighted by atomic mass is 16.5. The standard InChI is InChI=1S/C14H21NO2/c1-9-8-11(13(16)10(2)15)6-7-12(9)17-14(3,4)5/h6-8,10H,15H2,1-5H3. The minimum absolute atomic E-state index is 0.0459. The second kappa shape index (κ2) is 4.88. The van der Waals surface area contributed by atoms with Gasteiger partial charge in [-0.3, -0.25) is 4.79 Å². The van der Waals surface area contributed by atoms with E-state index < -0.39 is 6.04 Å². The summed E-state index contributed by atoms with van der Waals surface area (Å²) < 4.78 is 5.79. The number of hydrogen-bond acceptors (Lipinski definition) is 3. The lowest BCUT2D eigenvalue weighted by molar-refractivity contribution is 0.0967. The van der Waals surface area contributed by atoms with Gasteiger partial charge in [0.1, 0.15) is 11.4 Å². The van der Waals surface area contributed by atoms with Crippen LogP contribution in [-0.2, 0) is 0 Å². The summed E-state index contributed by atoms with van der Waals surface area (Å²) in [7, 11) is 0. The van der Waals surface area contributed by atoms with Gasteiger partial charge in [-0.2, -0.15) is 0 Å². The van der Waals surface area contributed by atoms with Crippen molar-refractivity contribution in [2.75, 3.05) is 0 Å². The molecule has 0 fully saturated rings. The summed E-state index contributed by atoms with van der Waals surface area (Å²) in [5.74, 6) is 0.758. The molecule has 0 aliphatic carbocycles. The zero-order valence-electron chi connectivity index (χ0n) is 11.2. The molecule has 1 unspecified atom stereocenters. The molecule has 0 aromatic heterocycles. The van der Waals surface area contributed by atoms with Gasteiger partial charge < -0.3 is 10.5 Å². The van der Waals surface area contributed by atoms with Crippen molar-refractivity contribution in [1.29, 1.82) is 0 Å². The molecule has 0 bridgehead atoms. The third-order valence-corrected chi connectivity index (χ3v) is 2.29.